The minimum absolute atomic E-state index is 0.168. The number of aryl methyl sites for hydroxylation is 1. The van der Waals surface area contributed by atoms with E-state index >= 15 is 0 Å². The molecule has 1 aliphatic rings. The molecule has 1 amide bonds. The Morgan fingerprint density at radius 1 is 1.21 bits per heavy atom. The Bertz CT molecular complexity index is 1030. The molecule has 2 aromatic carbocycles. The minimum Gasteiger partial charge on any atom is -0.487 e. The number of ether oxygens (including phenoxy) is 1. The third-order valence-corrected chi connectivity index (χ3v) is 5.36. The van der Waals surface area contributed by atoms with Crippen molar-refractivity contribution in [1.29, 1.82) is 0 Å². The summed E-state index contributed by atoms with van der Waals surface area (Å²) >= 11 is 6.23. The molecule has 0 radical (unpaired) electrons. The van der Waals surface area contributed by atoms with Crippen molar-refractivity contribution < 1.29 is 17.9 Å². The maximum absolute atomic E-state index is 12.9. The van der Waals surface area contributed by atoms with Crippen molar-refractivity contribution in [2.75, 3.05) is 11.0 Å². The van der Waals surface area contributed by atoms with Gasteiger partial charge in [-0.25, -0.2) is 8.42 Å². The van der Waals surface area contributed by atoms with Crippen LogP contribution in [-0.2, 0) is 10.0 Å². The molecule has 0 fully saturated rings. The standard InChI is InChI=1S/C20H23ClN2O4S/c1-12-5-8-18-15(9-12)17(11-20(2,3)27-18)22-19(24)14-7-6-13(10-16(14)21)23-28(4,25)26/h5-10,17,23H,11H2,1-4H3,(H,22,24)/t17-/m1/s1. The highest BCUT2D eigenvalue weighted by molar-refractivity contribution is 7.92. The Balaban J connectivity index is 1.86. The van der Waals surface area contributed by atoms with Crippen molar-refractivity contribution in [2.24, 2.45) is 0 Å². The fourth-order valence-corrected chi connectivity index (χ4v) is 4.14. The van der Waals surface area contributed by atoms with Gasteiger partial charge in [-0.05, 0) is 45.0 Å². The van der Waals surface area contributed by atoms with Gasteiger partial charge < -0.3 is 10.1 Å². The molecule has 0 aromatic heterocycles. The molecule has 1 atom stereocenters. The molecule has 6 nitrogen and oxygen atoms in total. The van der Waals surface area contributed by atoms with Crippen LogP contribution < -0.4 is 14.8 Å². The molecular formula is C20H23ClN2O4S. The van der Waals surface area contributed by atoms with Crippen LogP contribution >= 0.6 is 11.6 Å². The van der Waals surface area contributed by atoms with E-state index in [1.165, 1.54) is 18.2 Å². The fraction of sp³-hybridized carbons (Fsp3) is 0.350. The lowest BCUT2D eigenvalue weighted by Crippen LogP contribution is -2.41. The summed E-state index contributed by atoms with van der Waals surface area (Å²) in [5.41, 5.74) is 2.17. The number of rotatable bonds is 4. The van der Waals surface area contributed by atoms with Gasteiger partial charge in [0, 0.05) is 17.7 Å². The van der Waals surface area contributed by atoms with Gasteiger partial charge in [-0.3, -0.25) is 9.52 Å². The highest BCUT2D eigenvalue weighted by Gasteiger charge is 2.34. The van der Waals surface area contributed by atoms with Crippen molar-refractivity contribution >= 4 is 33.2 Å². The number of amides is 1. The molecule has 2 aromatic rings. The molecule has 8 heteroatoms. The lowest BCUT2D eigenvalue weighted by atomic mass is 9.88. The van der Waals surface area contributed by atoms with Gasteiger partial charge in [0.1, 0.15) is 11.4 Å². The lowest BCUT2D eigenvalue weighted by molar-refractivity contribution is 0.0619. The smallest absolute Gasteiger partial charge is 0.253 e. The van der Waals surface area contributed by atoms with Crippen LogP contribution in [0.15, 0.2) is 36.4 Å². The van der Waals surface area contributed by atoms with E-state index in [2.05, 4.69) is 10.0 Å². The molecule has 0 saturated carbocycles. The first kappa shape index (κ1) is 20.5. The van der Waals surface area contributed by atoms with E-state index in [-0.39, 0.29) is 22.5 Å². The van der Waals surface area contributed by atoms with E-state index < -0.39 is 15.6 Å². The average molecular weight is 423 g/mol. The second kappa shape index (κ2) is 7.29. The summed E-state index contributed by atoms with van der Waals surface area (Å²) in [6, 6.07) is 10.1. The number of benzene rings is 2. The van der Waals surface area contributed by atoms with Crippen LogP contribution in [0.3, 0.4) is 0 Å². The van der Waals surface area contributed by atoms with Crippen LogP contribution in [0, 0.1) is 6.92 Å². The summed E-state index contributed by atoms with van der Waals surface area (Å²) in [4.78, 5) is 12.9. The van der Waals surface area contributed by atoms with E-state index in [4.69, 9.17) is 16.3 Å². The Kier molecular flexibility index (Phi) is 5.34. The third kappa shape index (κ3) is 4.77. The number of nitrogens with one attached hydrogen (secondary N) is 2. The van der Waals surface area contributed by atoms with Gasteiger partial charge in [-0.2, -0.15) is 0 Å². The molecule has 3 rings (SSSR count). The van der Waals surface area contributed by atoms with Crippen LogP contribution in [0.2, 0.25) is 5.02 Å². The van der Waals surface area contributed by atoms with Crippen LogP contribution in [0.4, 0.5) is 5.69 Å². The van der Waals surface area contributed by atoms with Gasteiger partial charge in [-0.1, -0.05) is 29.3 Å². The number of halogens is 1. The second-order valence-corrected chi connectivity index (χ2v) is 9.86. The van der Waals surface area contributed by atoms with E-state index in [9.17, 15) is 13.2 Å². The van der Waals surface area contributed by atoms with E-state index in [0.29, 0.717) is 12.1 Å². The summed E-state index contributed by atoms with van der Waals surface area (Å²) in [6.07, 6.45) is 1.66. The molecule has 0 aliphatic carbocycles. The SMILES string of the molecule is Cc1ccc2c(c1)[C@H](NC(=O)c1ccc(NS(C)(=O)=O)cc1Cl)CC(C)(C)O2. The maximum Gasteiger partial charge on any atom is 0.253 e. The minimum atomic E-state index is -3.42. The zero-order valence-electron chi connectivity index (χ0n) is 16.2. The normalized spacial score (nSPS) is 18.0. The van der Waals surface area contributed by atoms with E-state index in [0.717, 1.165) is 23.1 Å². The van der Waals surface area contributed by atoms with Crippen molar-refractivity contribution in [1.82, 2.24) is 5.32 Å². The third-order valence-electron chi connectivity index (χ3n) is 4.44. The molecule has 1 aliphatic heterocycles. The first-order valence-electron chi connectivity index (χ1n) is 8.81. The van der Waals surface area contributed by atoms with Crippen LogP contribution in [0.1, 0.15) is 47.8 Å². The second-order valence-electron chi connectivity index (χ2n) is 7.70. The predicted molar refractivity (Wildman–Crippen MR) is 111 cm³/mol. The first-order valence-corrected chi connectivity index (χ1v) is 11.1. The van der Waals surface area contributed by atoms with Crippen LogP contribution in [0.5, 0.6) is 5.75 Å². The number of carbonyl (C=O) groups excluding carboxylic acids is 1. The number of sulfonamides is 1. The average Bonchev–Trinajstić information content (AvgIpc) is 2.53. The summed E-state index contributed by atoms with van der Waals surface area (Å²) in [5, 5.41) is 3.21. The zero-order valence-corrected chi connectivity index (χ0v) is 17.7. The summed E-state index contributed by atoms with van der Waals surface area (Å²) in [6.45, 7) is 5.95. The van der Waals surface area contributed by atoms with Gasteiger partial charge in [0.25, 0.3) is 5.91 Å². The lowest BCUT2D eigenvalue weighted by Gasteiger charge is -2.38. The fourth-order valence-electron chi connectivity index (χ4n) is 3.32. The molecule has 0 saturated heterocycles. The monoisotopic (exact) mass is 422 g/mol. The quantitative estimate of drug-likeness (QED) is 0.778. The van der Waals surface area contributed by atoms with Gasteiger partial charge in [-0.15, -0.1) is 0 Å². The van der Waals surface area contributed by atoms with Gasteiger partial charge in [0.05, 0.1) is 22.9 Å². The zero-order chi connectivity index (χ0) is 20.7. The molecule has 0 bridgehead atoms. The van der Waals surface area contributed by atoms with Crippen molar-refractivity contribution in [3.63, 3.8) is 0 Å². The highest BCUT2D eigenvalue weighted by atomic mass is 35.5. The van der Waals surface area contributed by atoms with Gasteiger partial charge in [0.2, 0.25) is 10.0 Å². The number of anilines is 1. The molecule has 0 unspecified atom stereocenters. The predicted octanol–water partition coefficient (Wildman–Crippen LogP) is 4.05. The van der Waals surface area contributed by atoms with Gasteiger partial charge >= 0.3 is 0 Å². The van der Waals surface area contributed by atoms with Crippen LogP contribution in [-0.4, -0.2) is 26.2 Å². The number of hydrogen-bond acceptors (Lipinski definition) is 4. The van der Waals surface area contributed by atoms with Crippen molar-refractivity contribution in [2.45, 2.75) is 38.8 Å². The van der Waals surface area contributed by atoms with E-state index in [1.54, 1.807) is 0 Å². The molecule has 150 valence electrons. The topological polar surface area (TPSA) is 84.5 Å². The summed E-state index contributed by atoms with van der Waals surface area (Å²) in [5.74, 6) is 0.428. The molecule has 2 N–H and O–H groups in total. The Labute approximate surface area is 170 Å². The largest absolute Gasteiger partial charge is 0.487 e. The number of carbonyl (C=O) groups is 1. The molecular weight excluding hydrogens is 400 g/mol. The molecule has 28 heavy (non-hydrogen) atoms. The summed E-state index contributed by atoms with van der Waals surface area (Å²) < 4.78 is 31.1. The van der Waals surface area contributed by atoms with Crippen molar-refractivity contribution in [3.05, 3.63) is 58.1 Å². The van der Waals surface area contributed by atoms with Crippen molar-refractivity contribution in [3.8, 4) is 5.75 Å². The van der Waals surface area contributed by atoms with Crippen LogP contribution in [0.25, 0.3) is 0 Å². The number of fused-ring (bicyclic) bond motifs is 1. The molecule has 0 spiro atoms. The highest BCUT2D eigenvalue weighted by Crippen LogP contribution is 2.40. The maximum atomic E-state index is 12.9. The van der Waals surface area contributed by atoms with Gasteiger partial charge in [0.15, 0.2) is 0 Å². The Morgan fingerprint density at radius 2 is 1.93 bits per heavy atom. The number of hydrogen-bond donors (Lipinski definition) is 2. The Morgan fingerprint density at radius 3 is 2.57 bits per heavy atom. The molecule has 1 heterocycles. The Hall–Kier alpha value is -2.25. The van der Waals surface area contributed by atoms with E-state index in [1.807, 2.05) is 39.0 Å². The summed E-state index contributed by atoms with van der Waals surface area (Å²) in [7, 11) is -3.42. The first-order chi connectivity index (χ1) is 12.9.